The van der Waals surface area contributed by atoms with Gasteiger partial charge in [0, 0.05) is 51.9 Å². The summed E-state index contributed by atoms with van der Waals surface area (Å²) in [7, 11) is 8.73. The molecule has 0 bridgehead atoms. The van der Waals surface area contributed by atoms with Crippen LogP contribution in [0.5, 0.6) is 0 Å². The van der Waals surface area contributed by atoms with Crippen LogP contribution in [0.25, 0.3) is 10.9 Å². The molecule has 3 amide bonds. The van der Waals surface area contributed by atoms with E-state index in [1.165, 1.54) is 0 Å². The van der Waals surface area contributed by atoms with Gasteiger partial charge in [0.2, 0.25) is 17.7 Å². The Balaban J connectivity index is 1.71. The molecule has 0 aliphatic carbocycles. The van der Waals surface area contributed by atoms with E-state index in [-0.39, 0.29) is 59.9 Å². The third kappa shape index (κ3) is 11.4. The van der Waals surface area contributed by atoms with E-state index in [4.69, 9.17) is 9.47 Å². The molecule has 12 heteroatoms. The first kappa shape index (κ1) is 45.2. The van der Waals surface area contributed by atoms with E-state index in [1.807, 2.05) is 89.0 Å². The number of likely N-dealkylation sites (tertiary alicyclic amines) is 1. The van der Waals surface area contributed by atoms with E-state index in [2.05, 4.69) is 35.5 Å². The minimum atomic E-state index is -0.843. The Morgan fingerprint density at radius 3 is 2.30 bits per heavy atom. The molecule has 0 saturated carbocycles. The normalized spacial score (nSPS) is 19.4. The van der Waals surface area contributed by atoms with Gasteiger partial charge in [-0.2, -0.15) is 0 Å². The molecule has 0 spiro atoms. The summed E-state index contributed by atoms with van der Waals surface area (Å²) in [5.41, 5.74) is 2.04. The highest BCUT2D eigenvalue weighted by Crippen LogP contribution is 2.30. The van der Waals surface area contributed by atoms with Gasteiger partial charge in [-0.25, -0.2) is 0 Å². The standard InChI is InChI=1S/C42H70N6O6/c1-13-28(6)38(47(10)42(52)36(26(2)3)45-41(51)37(27(4)5)46(8)9)34(53-11)24-35(49)48-22-16-19-33(48)39(54-12)29(7)40(50)43-21-20-30-23-31-17-14-15-18-32(31)44-25-30/h14-15,17-18,23,25-29,33-34,36-40,43,50H,13,16,19-22,24H2,1-12H3,(H,45,51)/t28-,29+,33-,34+,36-,37-,38?,39+,40?/m0/s1. The monoisotopic (exact) mass is 755 g/mol. The SMILES string of the molecule is CC[C@H](C)C([C@@H](CC(=O)N1CCC[C@H]1[C@H](OC)[C@@H](C)C(O)NCCc1cnc2ccccc2c1)OC)N(C)C(=O)[C@@H](NC(=O)[C@H](C(C)C)N(C)C)C(C)C. The van der Waals surface area contributed by atoms with Crippen molar-refractivity contribution in [3.05, 3.63) is 42.1 Å². The number of nitrogens with zero attached hydrogens (tertiary/aromatic N) is 4. The Kier molecular flexibility index (Phi) is 17.8. The third-order valence-electron chi connectivity index (χ3n) is 11.5. The van der Waals surface area contributed by atoms with Crippen molar-refractivity contribution in [2.75, 3.05) is 48.5 Å². The Morgan fingerprint density at radius 2 is 1.70 bits per heavy atom. The summed E-state index contributed by atoms with van der Waals surface area (Å²) in [6, 6.07) is 8.39. The van der Waals surface area contributed by atoms with Crippen LogP contribution < -0.4 is 10.6 Å². The molecule has 3 rings (SSSR count). The molecule has 2 aromatic rings. The number of aromatic nitrogens is 1. The number of methoxy groups -OCH3 is 2. The summed E-state index contributed by atoms with van der Waals surface area (Å²) < 4.78 is 12.1. The molecule has 54 heavy (non-hydrogen) atoms. The summed E-state index contributed by atoms with van der Waals surface area (Å²) in [5, 5.41) is 18.6. The van der Waals surface area contributed by atoms with Gasteiger partial charge in [0.05, 0.1) is 42.3 Å². The topological polar surface area (TPSA) is 137 Å². The summed E-state index contributed by atoms with van der Waals surface area (Å²) in [6.07, 6.45) is 3.20. The van der Waals surface area contributed by atoms with Crippen molar-refractivity contribution in [2.45, 2.75) is 123 Å². The summed E-state index contributed by atoms with van der Waals surface area (Å²) in [4.78, 5) is 51.9. The molecule has 2 heterocycles. The van der Waals surface area contributed by atoms with E-state index in [0.717, 1.165) is 35.7 Å². The number of para-hydroxylation sites is 1. The molecule has 9 atom stereocenters. The molecule has 2 unspecified atom stereocenters. The molecular weight excluding hydrogens is 684 g/mol. The number of benzene rings is 1. The number of pyridine rings is 1. The predicted molar refractivity (Wildman–Crippen MR) is 215 cm³/mol. The van der Waals surface area contributed by atoms with Crippen molar-refractivity contribution >= 4 is 28.6 Å². The Morgan fingerprint density at radius 1 is 1.02 bits per heavy atom. The second-order valence-corrected chi connectivity index (χ2v) is 16.2. The van der Waals surface area contributed by atoms with E-state index in [0.29, 0.717) is 19.5 Å². The van der Waals surface area contributed by atoms with Gasteiger partial charge in [-0.1, -0.05) is 73.1 Å². The van der Waals surface area contributed by atoms with Gasteiger partial charge in [-0.05, 0) is 68.8 Å². The van der Waals surface area contributed by atoms with Gasteiger partial charge in [0.1, 0.15) is 12.3 Å². The lowest BCUT2D eigenvalue weighted by Gasteiger charge is -2.41. The first-order chi connectivity index (χ1) is 25.6. The van der Waals surface area contributed by atoms with Crippen molar-refractivity contribution in [3.63, 3.8) is 0 Å². The molecule has 304 valence electrons. The number of carbonyl (C=O) groups excluding carboxylic acids is 3. The van der Waals surface area contributed by atoms with Crippen LogP contribution in [-0.4, -0.2) is 134 Å². The molecule has 0 radical (unpaired) electrons. The lowest BCUT2D eigenvalue weighted by atomic mass is 9.89. The summed E-state index contributed by atoms with van der Waals surface area (Å²) in [6.45, 7) is 15.1. The van der Waals surface area contributed by atoms with Gasteiger partial charge in [-0.15, -0.1) is 0 Å². The number of hydrogen-bond acceptors (Lipinski definition) is 9. The number of carbonyl (C=O) groups is 3. The highest BCUT2D eigenvalue weighted by Gasteiger charge is 2.43. The van der Waals surface area contributed by atoms with Crippen molar-refractivity contribution in [1.82, 2.24) is 30.3 Å². The van der Waals surface area contributed by atoms with Crippen LogP contribution in [0.1, 0.15) is 79.7 Å². The maximum atomic E-state index is 14.2. The molecular formula is C42H70N6O6. The van der Waals surface area contributed by atoms with Crippen LogP contribution in [0.2, 0.25) is 0 Å². The highest BCUT2D eigenvalue weighted by molar-refractivity contribution is 5.90. The largest absolute Gasteiger partial charge is 0.379 e. The molecule has 3 N–H and O–H groups in total. The average molecular weight is 755 g/mol. The minimum absolute atomic E-state index is 0.0122. The quantitative estimate of drug-likeness (QED) is 0.159. The second-order valence-electron chi connectivity index (χ2n) is 16.2. The minimum Gasteiger partial charge on any atom is -0.379 e. The highest BCUT2D eigenvalue weighted by atomic mass is 16.5. The number of ether oxygens (including phenoxy) is 2. The number of fused-ring (bicyclic) bond motifs is 1. The Bertz CT molecular complexity index is 1480. The summed E-state index contributed by atoms with van der Waals surface area (Å²) >= 11 is 0. The maximum Gasteiger partial charge on any atom is 0.245 e. The van der Waals surface area contributed by atoms with Crippen molar-refractivity contribution < 1.29 is 29.0 Å². The number of likely N-dealkylation sites (N-methyl/N-ethyl adjacent to an activating group) is 2. The lowest BCUT2D eigenvalue weighted by molar-refractivity contribution is -0.147. The van der Waals surface area contributed by atoms with E-state index in [1.54, 1.807) is 26.2 Å². The fourth-order valence-corrected chi connectivity index (χ4v) is 8.27. The molecule has 1 aliphatic heterocycles. The van der Waals surface area contributed by atoms with E-state index >= 15 is 0 Å². The molecule has 1 aromatic carbocycles. The average Bonchev–Trinajstić information content (AvgIpc) is 3.62. The van der Waals surface area contributed by atoms with Crippen LogP contribution in [0.4, 0.5) is 0 Å². The first-order valence-corrected chi connectivity index (χ1v) is 19.9. The van der Waals surface area contributed by atoms with Crippen molar-refractivity contribution in [1.29, 1.82) is 0 Å². The third-order valence-corrected chi connectivity index (χ3v) is 11.5. The van der Waals surface area contributed by atoms with Gasteiger partial charge in [0.25, 0.3) is 0 Å². The number of hydrogen-bond donors (Lipinski definition) is 3. The number of rotatable bonds is 21. The van der Waals surface area contributed by atoms with Crippen molar-refractivity contribution in [3.8, 4) is 0 Å². The second kappa shape index (κ2) is 21.2. The van der Waals surface area contributed by atoms with Crippen LogP contribution in [0.15, 0.2) is 36.5 Å². The van der Waals surface area contributed by atoms with E-state index < -0.39 is 30.5 Å². The number of aliphatic hydroxyl groups is 1. The van der Waals surface area contributed by atoms with Crippen molar-refractivity contribution in [2.24, 2.45) is 23.7 Å². The number of aliphatic hydroxyl groups excluding tert-OH is 1. The fourth-order valence-electron chi connectivity index (χ4n) is 8.27. The maximum absolute atomic E-state index is 14.2. The molecule has 1 fully saturated rings. The number of nitrogens with one attached hydrogen (secondary N) is 2. The van der Waals surface area contributed by atoms with Crippen LogP contribution in [0.3, 0.4) is 0 Å². The first-order valence-electron chi connectivity index (χ1n) is 19.9. The zero-order chi connectivity index (χ0) is 40.3. The molecule has 1 aliphatic rings. The summed E-state index contributed by atoms with van der Waals surface area (Å²) in [5.74, 6) is -0.840. The lowest BCUT2D eigenvalue weighted by Crippen LogP contribution is -2.59. The van der Waals surface area contributed by atoms with Gasteiger partial charge in [0.15, 0.2) is 0 Å². The Hall–Kier alpha value is -3.16. The van der Waals surface area contributed by atoms with Crippen LogP contribution in [-0.2, 0) is 30.3 Å². The molecule has 12 nitrogen and oxygen atoms in total. The number of amides is 3. The zero-order valence-corrected chi connectivity index (χ0v) is 35.0. The molecule has 1 aromatic heterocycles. The fraction of sp³-hybridized carbons (Fsp3) is 0.714. The Labute approximate surface area is 324 Å². The van der Waals surface area contributed by atoms with E-state index in [9.17, 15) is 19.5 Å². The van der Waals surface area contributed by atoms with Crippen LogP contribution >= 0.6 is 0 Å². The van der Waals surface area contributed by atoms with Crippen LogP contribution in [0, 0.1) is 23.7 Å². The van der Waals surface area contributed by atoms with Gasteiger partial charge < -0.3 is 29.7 Å². The predicted octanol–water partition coefficient (Wildman–Crippen LogP) is 4.33. The van der Waals surface area contributed by atoms with Gasteiger partial charge >= 0.3 is 0 Å². The molecule has 1 saturated heterocycles. The zero-order valence-electron chi connectivity index (χ0n) is 35.0. The van der Waals surface area contributed by atoms with Gasteiger partial charge in [-0.3, -0.25) is 29.6 Å². The smallest absolute Gasteiger partial charge is 0.245 e.